The predicted molar refractivity (Wildman–Crippen MR) is 123 cm³/mol. The maximum Gasteiger partial charge on any atom is 0.289 e. The Bertz CT molecular complexity index is 1240. The van der Waals surface area contributed by atoms with E-state index in [1.165, 1.54) is 17.5 Å². The molecule has 1 saturated heterocycles. The van der Waals surface area contributed by atoms with Gasteiger partial charge < -0.3 is 15.0 Å². The normalized spacial score (nSPS) is 15.2. The van der Waals surface area contributed by atoms with E-state index >= 15 is 0 Å². The van der Waals surface area contributed by atoms with Gasteiger partial charge in [0, 0.05) is 30.5 Å². The van der Waals surface area contributed by atoms with Gasteiger partial charge in [0.05, 0.1) is 33.2 Å². The topological polar surface area (TPSA) is 98.6 Å². The van der Waals surface area contributed by atoms with Gasteiger partial charge >= 0.3 is 0 Å². The Morgan fingerprint density at radius 3 is 2.91 bits per heavy atom. The summed E-state index contributed by atoms with van der Waals surface area (Å²) >= 11 is 7.10. The number of carbonyl (C=O) groups excluding carboxylic acids is 2. The molecule has 162 valence electrons. The number of amidine groups is 1. The molecule has 32 heavy (non-hydrogen) atoms. The number of ether oxygens (including phenoxy) is 1. The van der Waals surface area contributed by atoms with Crippen LogP contribution in [0.4, 0.5) is 11.4 Å². The molecule has 1 fully saturated rings. The molecule has 0 aliphatic carbocycles. The first-order chi connectivity index (χ1) is 15.5. The highest BCUT2D eigenvalue weighted by molar-refractivity contribution is 7.18. The van der Waals surface area contributed by atoms with Crippen molar-refractivity contribution < 1.29 is 14.3 Å². The van der Waals surface area contributed by atoms with Gasteiger partial charge in [0.25, 0.3) is 17.8 Å². The highest BCUT2D eigenvalue weighted by atomic mass is 35.5. The number of hydrogen-bond donors (Lipinski definition) is 2. The summed E-state index contributed by atoms with van der Waals surface area (Å²) < 4.78 is 5.75. The summed E-state index contributed by atoms with van der Waals surface area (Å²) in [6, 6.07) is 11.2. The Hall–Kier alpha value is -3.43. The van der Waals surface area contributed by atoms with E-state index < -0.39 is 0 Å². The molecule has 0 spiro atoms. The lowest BCUT2D eigenvalue weighted by molar-refractivity contribution is 0.0767. The van der Waals surface area contributed by atoms with Crippen LogP contribution in [0.25, 0.3) is 0 Å². The van der Waals surface area contributed by atoms with Gasteiger partial charge in [-0.2, -0.15) is 0 Å². The predicted octanol–water partition coefficient (Wildman–Crippen LogP) is 3.98. The van der Waals surface area contributed by atoms with E-state index in [0.717, 1.165) is 16.8 Å². The SMILES string of the molecule is N=C1OCCN1c1cccc(CN2Cc3cncc(NC(=O)c4ccc(Cl)s4)c3C2=O)c1. The van der Waals surface area contributed by atoms with Gasteiger partial charge in [0.15, 0.2) is 0 Å². The zero-order valence-electron chi connectivity index (χ0n) is 16.8. The second-order valence-corrected chi connectivity index (χ2v) is 9.13. The van der Waals surface area contributed by atoms with Gasteiger partial charge in [-0.25, -0.2) is 0 Å². The first-order valence-corrected chi connectivity index (χ1v) is 11.1. The third kappa shape index (κ3) is 3.80. The lowest BCUT2D eigenvalue weighted by Crippen LogP contribution is -2.25. The Labute approximate surface area is 192 Å². The van der Waals surface area contributed by atoms with Crippen molar-refractivity contribution in [3.8, 4) is 0 Å². The second kappa shape index (κ2) is 8.25. The molecule has 8 nitrogen and oxygen atoms in total. The number of pyridine rings is 1. The maximum atomic E-state index is 13.2. The number of rotatable bonds is 5. The average Bonchev–Trinajstić information content (AvgIpc) is 3.48. The van der Waals surface area contributed by atoms with Crippen LogP contribution in [0.15, 0.2) is 48.8 Å². The number of fused-ring (bicyclic) bond motifs is 1. The number of anilines is 2. The molecule has 0 radical (unpaired) electrons. The lowest BCUT2D eigenvalue weighted by Gasteiger charge is -2.19. The standard InChI is InChI=1S/C22H18ClN5O3S/c23-18-5-4-17(32-18)20(29)26-16-10-25-9-14-12-27(21(30)19(14)16)11-13-2-1-3-15(8-13)28-6-7-31-22(28)24/h1-5,8-10,24H,6-7,11-12H2,(H,26,29). The fraction of sp³-hybridized carbons (Fsp3) is 0.182. The van der Waals surface area contributed by atoms with Crippen LogP contribution in [-0.4, -0.2) is 40.9 Å². The Morgan fingerprint density at radius 1 is 1.28 bits per heavy atom. The molecule has 3 aromatic rings. The van der Waals surface area contributed by atoms with Crippen LogP contribution in [-0.2, 0) is 17.8 Å². The molecule has 0 atom stereocenters. The van der Waals surface area contributed by atoms with Crippen LogP contribution in [0.3, 0.4) is 0 Å². The maximum absolute atomic E-state index is 13.2. The van der Waals surface area contributed by atoms with Crippen LogP contribution in [0, 0.1) is 5.41 Å². The van der Waals surface area contributed by atoms with E-state index in [0.29, 0.717) is 46.7 Å². The number of nitrogens with zero attached hydrogens (tertiary/aromatic N) is 3. The Kier molecular flexibility index (Phi) is 5.28. The smallest absolute Gasteiger partial charge is 0.289 e. The second-order valence-electron chi connectivity index (χ2n) is 7.42. The first kappa shape index (κ1) is 20.5. The minimum absolute atomic E-state index is 0.130. The van der Waals surface area contributed by atoms with Crippen molar-refractivity contribution in [2.75, 3.05) is 23.4 Å². The van der Waals surface area contributed by atoms with Gasteiger partial charge in [-0.05, 0) is 29.8 Å². The fourth-order valence-corrected chi connectivity index (χ4v) is 4.80. The van der Waals surface area contributed by atoms with Crippen molar-refractivity contribution >= 4 is 52.1 Å². The molecule has 1 aromatic carbocycles. The molecule has 2 amide bonds. The Morgan fingerprint density at radius 2 is 2.16 bits per heavy atom. The monoisotopic (exact) mass is 467 g/mol. The summed E-state index contributed by atoms with van der Waals surface area (Å²) in [7, 11) is 0. The van der Waals surface area contributed by atoms with Crippen molar-refractivity contribution in [3.05, 3.63) is 74.7 Å². The summed E-state index contributed by atoms with van der Waals surface area (Å²) in [5.74, 6) is -0.490. The highest BCUT2D eigenvalue weighted by Gasteiger charge is 2.31. The molecule has 2 aromatic heterocycles. The minimum atomic E-state index is -0.327. The number of thiophene rings is 1. The molecule has 2 aliphatic rings. The first-order valence-electron chi connectivity index (χ1n) is 9.90. The van der Waals surface area contributed by atoms with Gasteiger partial charge in [-0.15, -0.1) is 11.3 Å². The third-order valence-electron chi connectivity index (χ3n) is 5.33. The molecular formula is C22H18ClN5O3S. The number of nitrogens with one attached hydrogen (secondary N) is 2. The van der Waals surface area contributed by atoms with E-state index in [2.05, 4.69) is 10.3 Å². The minimum Gasteiger partial charge on any atom is -0.463 e. The zero-order chi connectivity index (χ0) is 22.2. The molecule has 2 aliphatic heterocycles. The van der Waals surface area contributed by atoms with E-state index in [1.54, 1.807) is 28.1 Å². The van der Waals surface area contributed by atoms with Crippen LogP contribution in [0.1, 0.15) is 31.2 Å². The van der Waals surface area contributed by atoms with E-state index in [-0.39, 0.29) is 17.8 Å². The van der Waals surface area contributed by atoms with Crippen molar-refractivity contribution in [1.29, 1.82) is 5.41 Å². The molecule has 2 N–H and O–H groups in total. The van der Waals surface area contributed by atoms with E-state index in [1.807, 2.05) is 24.3 Å². The van der Waals surface area contributed by atoms with Crippen LogP contribution >= 0.6 is 22.9 Å². The van der Waals surface area contributed by atoms with E-state index in [4.69, 9.17) is 21.7 Å². The van der Waals surface area contributed by atoms with Crippen LogP contribution in [0.5, 0.6) is 0 Å². The lowest BCUT2D eigenvalue weighted by atomic mass is 10.1. The van der Waals surface area contributed by atoms with Crippen LogP contribution in [0.2, 0.25) is 4.34 Å². The van der Waals surface area contributed by atoms with Gasteiger partial charge in [-0.1, -0.05) is 23.7 Å². The van der Waals surface area contributed by atoms with Gasteiger partial charge in [-0.3, -0.25) is 24.9 Å². The zero-order valence-corrected chi connectivity index (χ0v) is 18.4. The number of amides is 2. The summed E-state index contributed by atoms with van der Waals surface area (Å²) in [6.45, 7) is 1.92. The molecular weight excluding hydrogens is 450 g/mol. The van der Waals surface area contributed by atoms with Crippen molar-refractivity contribution in [3.63, 3.8) is 0 Å². The van der Waals surface area contributed by atoms with Crippen molar-refractivity contribution in [2.45, 2.75) is 13.1 Å². The third-order valence-corrected chi connectivity index (χ3v) is 6.56. The Balaban J connectivity index is 1.34. The largest absolute Gasteiger partial charge is 0.463 e. The summed E-state index contributed by atoms with van der Waals surface area (Å²) in [5, 5.41) is 10.7. The average molecular weight is 468 g/mol. The van der Waals surface area contributed by atoms with Crippen LogP contribution < -0.4 is 10.2 Å². The molecule has 5 rings (SSSR count). The van der Waals surface area contributed by atoms with Crippen molar-refractivity contribution in [2.24, 2.45) is 0 Å². The molecule has 0 bridgehead atoms. The number of aromatic nitrogens is 1. The molecule has 4 heterocycles. The number of halogens is 1. The van der Waals surface area contributed by atoms with Gasteiger partial charge in [0.2, 0.25) is 0 Å². The summed E-state index contributed by atoms with van der Waals surface area (Å²) in [5.41, 5.74) is 3.42. The fourth-order valence-electron chi connectivity index (χ4n) is 3.86. The van der Waals surface area contributed by atoms with E-state index in [9.17, 15) is 9.59 Å². The quantitative estimate of drug-likeness (QED) is 0.591. The number of benzene rings is 1. The number of carbonyl (C=O) groups is 2. The molecule has 0 saturated carbocycles. The highest BCUT2D eigenvalue weighted by Crippen LogP contribution is 2.31. The summed E-state index contributed by atoms with van der Waals surface area (Å²) in [6.07, 6.45) is 3.15. The van der Waals surface area contributed by atoms with Gasteiger partial charge in [0.1, 0.15) is 6.61 Å². The summed E-state index contributed by atoms with van der Waals surface area (Å²) in [4.78, 5) is 33.9. The number of hydrogen-bond acceptors (Lipinski definition) is 6. The molecule has 0 unspecified atom stereocenters. The van der Waals surface area contributed by atoms with Crippen molar-refractivity contribution in [1.82, 2.24) is 9.88 Å². The molecule has 10 heteroatoms.